The zero-order valence-electron chi connectivity index (χ0n) is 11.6. The molecule has 2 heteroatoms. The van der Waals surface area contributed by atoms with Crippen LogP contribution in [0.1, 0.15) is 33.6 Å². The molecule has 17 heavy (non-hydrogen) atoms. The minimum atomic E-state index is 0.325. The highest BCUT2D eigenvalue weighted by atomic mass is 15.3. The molecule has 0 radical (unpaired) electrons. The molecule has 0 aromatic heterocycles. The fourth-order valence-corrected chi connectivity index (χ4v) is 3.33. The van der Waals surface area contributed by atoms with Crippen molar-refractivity contribution in [3.63, 3.8) is 0 Å². The molecule has 96 valence electrons. The van der Waals surface area contributed by atoms with Crippen LogP contribution in [-0.2, 0) is 0 Å². The number of nitrogens with one attached hydrogen (secondary N) is 1. The maximum atomic E-state index is 4.01. The van der Waals surface area contributed by atoms with E-state index < -0.39 is 0 Å². The van der Waals surface area contributed by atoms with Crippen LogP contribution in [0.3, 0.4) is 0 Å². The molecule has 1 N–H and O–H groups in total. The molecule has 1 saturated heterocycles. The van der Waals surface area contributed by atoms with Crippen molar-refractivity contribution < 1.29 is 0 Å². The molecule has 1 aliphatic heterocycles. The second kappa shape index (κ2) is 4.95. The summed E-state index contributed by atoms with van der Waals surface area (Å²) in [6, 6.07) is 0. The summed E-state index contributed by atoms with van der Waals surface area (Å²) in [6.45, 7) is 15.7. The molecule has 2 aliphatic rings. The number of nitrogens with zero attached hydrogens (tertiary/aromatic N) is 1. The molecule has 1 fully saturated rings. The van der Waals surface area contributed by atoms with Crippen LogP contribution >= 0.6 is 0 Å². The Hall–Kier alpha value is -0.600. The Morgan fingerprint density at radius 1 is 1.53 bits per heavy atom. The van der Waals surface area contributed by atoms with E-state index in [1.165, 1.54) is 31.5 Å². The first-order valence-corrected chi connectivity index (χ1v) is 6.81. The summed E-state index contributed by atoms with van der Waals surface area (Å²) >= 11 is 0. The molecule has 2 nitrogen and oxygen atoms in total. The van der Waals surface area contributed by atoms with Gasteiger partial charge in [-0.3, -0.25) is 4.90 Å². The van der Waals surface area contributed by atoms with Crippen LogP contribution in [0.15, 0.2) is 23.8 Å². The zero-order chi connectivity index (χ0) is 12.5. The molecule has 0 aromatic rings. The van der Waals surface area contributed by atoms with Crippen LogP contribution in [0.2, 0.25) is 0 Å². The highest BCUT2D eigenvalue weighted by Gasteiger charge is 2.32. The van der Waals surface area contributed by atoms with Crippen molar-refractivity contribution in [3.8, 4) is 0 Å². The zero-order valence-corrected chi connectivity index (χ0v) is 11.6. The van der Waals surface area contributed by atoms with Crippen molar-refractivity contribution in [3.05, 3.63) is 23.8 Å². The summed E-state index contributed by atoms with van der Waals surface area (Å²) < 4.78 is 0. The Balaban J connectivity index is 2.11. The second-order valence-electron chi connectivity index (χ2n) is 6.16. The summed E-state index contributed by atoms with van der Waals surface area (Å²) in [5.41, 5.74) is 3.38. The topological polar surface area (TPSA) is 15.3 Å². The van der Waals surface area contributed by atoms with Gasteiger partial charge in [0.15, 0.2) is 0 Å². The van der Waals surface area contributed by atoms with E-state index in [1.54, 1.807) is 5.57 Å². The van der Waals surface area contributed by atoms with Crippen LogP contribution in [0.5, 0.6) is 0 Å². The van der Waals surface area contributed by atoms with E-state index >= 15 is 0 Å². The van der Waals surface area contributed by atoms with Gasteiger partial charge < -0.3 is 5.32 Å². The fraction of sp³-hybridized carbons (Fsp3) is 0.733. The molecule has 1 heterocycles. The second-order valence-corrected chi connectivity index (χ2v) is 6.16. The van der Waals surface area contributed by atoms with Crippen LogP contribution < -0.4 is 5.32 Å². The van der Waals surface area contributed by atoms with E-state index in [0.29, 0.717) is 5.41 Å². The molecule has 0 amide bonds. The predicted octanol–water partition coefficient (Wildman–Crippen LogP) is 2.79. The smallest absolute Gasteiger partial charge is 0.0481 e. The summed E-state index contributed by atoms with van der Waals surface area (Å²) in [4.78, 5) is 2.53. The normalized spacial score (nSPS) is 29.7. The standard InChI is InChI=1S/C15H26N2/c1-5-14-12(2)13(6-7-15(14,3)4)10-17-9-8-16-11-17/h5,13,16H,1,6-11H2,2-4H3. The van der Waals surface area contributed by atoms with Crippen molar-refractivity contribution in [2.75, 3.05) is 26.3 Å². The molecule has 2 rings (SSSR count). The third-order valence-corrected chi connectivity index (χ3v) is 4.51. The third-order valence-electron chi connectivity index (χ3n) is 4.51. The van der Waals surface area contributed by atoms with E-state index in [4.69, 9.17) is 0 Å². The maximum absolute atomic E-state index is 4.01. The van der Waals surface area contributed by atoms with Crippen molar-refractivity contribution in [2.45, 2.75) is 33.6 Å². The largest absolute Gasteiger partial charge is 0.303 e. The van der Waals surface area contributed by atoms with Crippen molar-refractivity contribution in [1.82, 2.24) is 10.2 Å². The minimum Gasteiger partial charge on any atom is -0.303 e. The lowest BCUT2D eigenvalue weighted by molar-refractivity contribution is 0.247. The number of allylic oxidation sites excluding steroid dienone is 2. The summed E-state index contributed by atoms with van der Waals surface area (Å²) in [5, 5.41) is 3.41. The van der Waals surface area contributed by atoms with E-state index in [-0.39, 0.29) is 0 Å². The summed E-state index contributed by atoms with van der Waals surface area (Å²) in [7, 11) is 0. The molecule has 1 aliphatic carbocycles. The van der Waals surface area contributed by atoms with E-state index in [0.717, 1.165) is 19.1 Å². The first-order chi connectivity index (χ1) is 8.04. The minimum absolute atomic E-state index is 0.325. The average molecular weight is 234 g/mol. The van der Waals surface area contributed by atoms with Gasteiger partial charge in [0.1, 0.15) is 0 Å². The predicted molar refractivity (Wildman–Crippen MR) is 73.8 cm³/mol. The quantitative estimate of drug-likeness (QED) is 0.808. The van der Waals surface area contributed by atoms with Crippen LogP contribution in [-0.4, -0.2) is 31.2 Å². The first-order valence-electron chi connectivity index (χ1n) is 6.81. The Labute approximate surface area is 106 Å². The molecule has 0 spiro atoms. The van der Waals surface area contributed by atoms with Gasteiger partial charge in [0, 0.05) is 26.3 Å². The lowest BCUT2D eigenvalue weighted by Gasteiger charge is -2.38. The molecule has 0 saturated carbocycles. The van der Waals surface area contributed by atoms with Crippen LogP contribution in [0.25, 0.3) is 0 Å². The Bertz CT molecular complexity index is 322. The van der Waals surface area contributed by atoms with E-state index in [9.17, 15) is 0 Å². The van der Waals surface area contributed by atoms with E-state index in [1.807, 2.05) is 0 Å². The number of hydrogen-bond acceptors (Lipinski definition) is 2. The fourth-order valence-electron chi connectivity index (χ4n) is 3.33. The SMILES string of the molecule is C=CC1=C(C)C(CN2CCNC2)CCC1(C)C. The van der Waals surface area contributed by atoms with E-state index in [2.05, 4.69) is 43.6 Å². The average Bonchev–Trinajstić information content (AvgIpc) is 2.75. The Morgan fingerprint density at radius 2 is 2.29 bits per heavy atom. The Kier molecular flexibility index (Phi) is 3.74. The summed E-state index contributed by atoms with van der Waals surface area (Å²) in [5.74, 6) is 0.732. The molecule has 1 unspecified atom stereocenters. The van der Waals surface area contributed by atoms with Gasteiger partial charge in [-0.15, -0.1) is 0 Å². The lowest BCUT2D eigenvalue weighted by Crippen LogP contribution is -2.33. The lowest BCUT2D eigenvalue weighted by atomic mass is 9.69. The van der Waals surface area contributed by atoms with Crippen molar-refractivity contribution in [1.29, 1.82) is 0 Å². The van der Waals surface area contributed by atoms with Gasteiger partial charge in [0.25, 0.3) is 0 Å². The van der Waals surface area contributed by atoms with Gasteiger partial charge >= 0.3 is 0 Å². The van der Waals surface area contributed by atoms with Gasteiger partial charge in [-0.1, -0.05) is 32.1 Å². The summed E-state index contributed by atoms with van der Waals surface area (Å²) in [6.07, 6.45) is 4.70. The monoisotopic (exact) mass is 234 g/mol. The molecule has 0 aromatic carbocycles. The highest BCUT2D eigenvalue weighted by molar-refractivity contribution is 5.33. The Morgan fingerprint density at radius 3 is 2.88 bits per heavy atom. The first kappa shape index (κ1) is 12.8. The number of rotatable bonds is 3. The van der Waals surface area contributed by atoms with Gasteiger partial charge in [-0.2, -0.15) is 0 Å². The molecular formula is C15H26N2. The highest BCUT2D eigenvalue weighted by Crippen LogP contribution is 2.43. The molecule has 0 bridgehead atoms. The van der Waals surface area contributed by atoms with Crippen LogP contribution in [0, 0.1) is 11.3 Å². The third kappa shape index (κ3) is 2.63. The number of hydrogen-bond donors (Lipinski definition) is 1. The van der Waals surface area contributed by atoms with Crippen molar-refractivity contribution in [2.24, 2.45) is 11.3 Å². The van der Waals surface area contributed by atoms with Gasteiger partial charge in [-0.25, -0.2) is 0 Å². The van der Waals surface area contributed by atoms with Gasteiger partial charge in [0.2, 0.25) is 0 Å². The van der Waals surface area contributed by atoms with Crippen LogP contribution in [0.4, 0.5) is 0 Å². The molecule has 1 atom stereocenters. The van der Waals surface area contributed by atoms with Gasteiger partial charge in [0.05, 0.1) is 0 Å². The van der Waals surface area contributed by atoms with Gasteiger partial charge in [-0.05, 0) is 36.7 Å². The maximum Gasteiger partial charge on any atom is 0.0481 e. The molecular weight excluding hydrogens is 208 g/mol. The van der Waals surface area contributed by atoms with Crippen molar-refractivity contribution >= 4 is 0 Å².